The van der Waals surface area contributed by atoms with Gasteiger partial charge in [0.25, 0.3) is 0 Å². The lowest BCUT2D eigenvalue weighted by Gasteiger charge is -2.16. The first-order valence-electron chi connectivity index (χ1n) is 8.21. The molecule has 2 N–H and O–H groups in total. The number of carbonyl (C=O) groups is 1. The van der Waals surface area contributed by atoms with Gasteiger partial charge in [-0.05, 0) is 37.0 Å². The molecule has 13 heteroatoms. The first kappa shape index (κ1) is 22.3. The number of alkyl halides is 3. The number of fused-ring (bicyclic) bond motifs is 1. The molecule has 1 heterocycles. The van der Waals surface area contributed by atoms with Gasteiger partial charge in [0.15, 0.2) is 28.4 Å². The van der Waals surface area contributed by atoms with Crippen LogP contribution in [0.1, 0.15) is 32.8 Å². The number of carbonyl (C=O) groups excluding carboxylic acids is 1. The molecule has 0 fully saturated rings. The zero-order valence-electron chi connectivity index (χ0n) is 14.9. The maximum atomic E-state index is 14.0. The molecule has 0 saturated heterocycles. The normalized spacial score (nSPS) is 13.2. The van der Waals surface area contributed by atoms with Crippen LogP contribution in [0.2, 0.25) is 0 Å². The second-order valence-electron chi connectivity index (χ2n) is 6.14. The Morgan fingerprint density at radius 1 is 1.03 bits per heavy atom. The number of thiophene rings is 1. The van der Waals surface area contributed by atoms with Gasteiger partial charge in [0, 0.05) is 4.88 Å². The molecule has 162 valence electrons. The summed E-state index contributed by atoms with van der Waals surface area (Å²) in [5.74, 6) is -10.5. The average Bonchev–Trinajstić information content (AvgIpc) is 3.22. The lowest BCUT2D eigenvalue weighted by atomic mass is 10.1. The van der Waals surface area contributed by atoms with Gasteiger partial charge in [0.1, 0.15) is 16.3 Å². The quantitative estimate of drug-likeness (QED) is 0.271. The summed E-state index contributed by atoms with van der Waals surface area (Å²) in [7, 11) is 1.15. The molecule has 0 unspecified atom stereocenters. The second-order valence-corrected chi connectivity index (χ2v) is 7.65. The highest BCUT2D eigenvalue weighted by Gasteiger charge is 2.42. The molecule has 3 rings (SSSR count). The molecule has 2 aromatic rings. The van der Waals surface area contributed by atoms with Crippen molar-refractivity contribution in [1.82, 2.24) is 0 Å². The molecule has 0 atom stereocenters. The number of benzene rings is 1. The number of anilines is 2. The fraction of sp³-hybridized carbons (Fsp3) is 0.294. The number of rotatable bonds is 3. The Bertz CT molecular complexity index is 1020. The van der Waals surface area contributed by atoms with Crippen LogP contribution in [0, 0.1) is 23.3 Å². The Balaban J connectivity index is 1.93. The minimum atomic E-state index is -5.65. The van der Waals surface area contributed by atoms with E-state index in [4.69, 9.17) is 17.0 Å². The fourth-order valence-electron chi connectivity index (χ4n) is 3.05. The van der Waals surface area contributed by atoms with E-state index in [9.17, 15) is 35.5 Å². The van der Waals surface area contributed by atoms with Crippen LogP contribution in [0.25, 0.3) is 0 Å². The minimum absolute atomic E-state index is 0.157. The van der Waals surface area contributed by atoms with Gasteiger partial charge in [-0.2, -0.15) is 13.2 Å². The van der Waals surface area contributed by atoms with Gasteiger partial charge in [0.05, 0.1) is 12.7 Å². The Hall–Kier alpha value is -2.41. The molecule has 0 amide bonds. The van der Waals surface area contributed by atoms with Gasteiger partial charge in [-0.3, -0.25) is 0 Å². The molecule has 1 aliphatic rings. The average molecular weight is 472 g/mol. The van der Waals surface area contributed by atoms with Gasteiger partial charge in [-0.1, -0.05) is 0 Å². The molecule has 1 aromatic heterocycles. The van der Waals surface area contributed by atoms with Crippen LogP contribution >= 0.6 is 23.6 Å². The Morgan fingerprint density at radius 3 is 2.17 bits per heavy atom. The van der Waals surface area contributed by atoms with Gasteiger partial charge in [-0.25, -0.2) is 22.4 Å². The molecule has 30 heavy (non-hydrogen) atoms. The van der Waals surface area contributed by atoms with Crippen molar-refractivity contribution in [3.63, 3.8) is 0 Å². The van der Waals surface area contributed by atoms with Gasteiger partial charge < -0.3 is 15.4 Å². The molecule has 0 saturated carbocycles. The summed E-state index contributed by atoms with van der Waals surface area (Å²) in [6, 6.07) is 0. The molecule has 1 aliphatic carbocycles. The predicted molar refractivity (Wildman–Crippen MR) is 98.8 cm³/mol. The van der Waals surface area contributed by atoms with Gasteiger partial charge in [-0.15, -0.1) is 11.3 Å². The Morgan fingerprint density at radius 2 is 1.63 bits per heavy atom. The summed E-state index contributed by atoms with van der Waals surface area (Å²) in [6.45, 7) is 0. The molecule has 0 aliphatic heterocycles. The van der Waals surface area contributed by atoms with Crippen LogP contribution in [-0.4, -0.2) is 18.2 Å². The summed E-state index contributed by atoms with van der Waals surface area (Å²) in [5, 5.41) is 3.86. The highest BCUT2D eigenvalue weighted by Crippen LogP contribution is 2.40. The van der Waals surface area contributed by atoms with Crippen molar-refractivity contribution < 1.29 is 40.3 Å². The lowest BCUT2D eigenvalue weighted by Crippen LogP contribution is -2.24. The molecule has 1 aromatic carbocycles. The van der Waals surface area contributed by atoms with Crippen molar-refractivity contribution in [1.29, 1.82) is 0 Å². The largest absolute Gasteiger partial charge is 0.465 e. The highest BCUT2D eigenvalue weighted by molar-refractivity contribution is 7.80. The Kier molecular flexibility index (Phi) is 5.96. The van der Waals surface area contributed by atoms with E-state index in [2.05, 4.69) is 5.32 Å². The van der Waals surface area contributed by atoms with Crippen LogP contribution in [0.15, 0.2) is 0 Å². The first-order chi connectivity index (χ1) is 14.0. The van der Waals surface area contributed by atoms with Crippen LogP contribution < -0.4 is 10.6 Å². The lowest BCUT2D eigenvalue weighted by molar-refractivity contribution is -0.143. The summed E-state index contributed by atoms with van der Waals surface area (Å²) in [4.78, 5) is 12.9. The van der Waals surface area contributed by atoms with E-state index >= 15 is 0 Å². The third-order valence-corrected chi connectivity index (χ3v) is 5.73. The SMILES string of the molecule is COC(=O)c1c(NC(=S)Nc2c(F)c(F)c(C(F)(F)F)c(F)c2F)sc2c1CCC2. The first-order valence-corrected chi connectivity index (χ1v) is 9.43. The number of esters is 1. The Labute approximate surface area is 174 Å². The smallest absolute Gasteiger partial charge is 0.422 e. The number of hydrogen-bond acceptors (Lipinski definition) is 4. The van der Waals surface area contributed by atoms with Crippen LogP contribution in [0.4, 0.5) is 41.4 Å². The highest BCUT2D eigenvalue weighted by atomic mass is 32.1. The zero-order valence-corrected chi connectivity index (χ0v) is 16.5. The van der Waals surface area contributed by atoms with E-state index in [0.29, 0.717) is 12.8 Å². The number of methoxy groups -OCH3 is 1. The molecule has 0 radical (unpaired) electrons. The van der Waals surface area contributed by atoms with E-state index in [1.807, 2.05) is 5.32 Å². The van der Waals surface area contributed by atoms with E-state index < -0.39 is 51.8 Å². The van der Waals surface area contributed by atoms with Crippen molar-refractivity contribution in [2.24, 2.45) is 0 Å². The second kappa shape index (κ2) is 8.02. The number of thiocarbonyl (C=S) groups is 1. The summed E-state index contributed by atoms with van der Waals surface area (Å²) < 4.78 is 98.2. The van der Waals surface area contributed by atoms with Crippen molar-refractivity contribution in [2.45, 2.75) is 25.4 Å². The maximum Gasteiger partial charge on any atom is 0.422 e. The predicted octanol–water partition coefficient (Wildman–Crippen LogP) is 5.41. The molecule has 4 nitrogen and oxygen atoms in total. The zero-order chi connectivity index (χ0) is 22.4. The maximum absolute atomic E-state index is 14.0. The van der Waals surface area contributed by atoms with E-state index in [-0.39, 0.29) is 10.6 Å². The van der Waals surface area contributed by atoms with Gasteiger partial charge in [0.2, 0.25) is 0 Å². The topological polar surface area (TPSA) is 50.4 Å². The molecule has 0 spiro atoms. The molecule has 0 bridgehead atoms. The van der Waals surface area contributed by atoms with Crippen molar-refractivity contribution >= 4 is 45.3 Å². The number of halogens is 7. The number of nitrogens with one attached hydrogen (secondary N) is 2. The third-order valence-electron chi connectivity index (χ3n) is 4.32. The number of ether oxygens (including phenoxy) is 1. The van der Waals surface area contributed by atoms with Crippen LogP contribution in [-0.2, 0) is 23.8 Å². The summed E-state index contributed by atoms with van der Waals surface area (Å²) >= 11 is 5.98. The third kappa shape index (κ3) is 3.83. The van der Waals surface area contributed by atoms with Crippen molar-refractivity contribution in [3.05, 3.63) is 44.8 Å². The minimum Gasteiger partial charge on any atom is -0.465 e. The fourth-order valence-corrected chi connectivity index (χ4v) is 4.60. The molecular weight excluding hydrogens is 461 g/mol. The van der Waals surface area contributed by atoms with E-state index in [1.54, 1.807) is 0 Å². The molecular formula is C17H11F7N2O2S2. The summed E-state index contributed by atoms with van der Waals surface area (Å²) in [5.41, 5.74) is -3.35. The standard InChI is InChI=1S/C17H11F7N2O2S2/c1-28-15(27)7-5-3-2-4-6(5)30-14(7)26-16(29)25-13-11(20)9(18)8(17(22,23)24)10(19)12(13)21/h2-4H2,1H3,(H2,25,26,29). The van der Waals surface area contributed by atoms with Crippen LogP contribution in [0.5, 0.6) is 0 Å². The monoisotopic (exact) mass is 472 g/mol. The van der Waals surface area contributed by atoms with E-state index in [1.165, 1.54) is 0 Å². The van der Waals surface area contributed by atoms with Crippen LogP contribution in [0.3, 0.4) is 0 Å². The number of aryl methyl sites for hydroxylation is 1. The number of hydrogen-bond donors (Lipinski definition) is 2. The van der Waals surface area contributed by atoms with Gasteiger partial charge >= 0.3 is 12.1 Å². The van der Waals surface area contributed by atoms with Crippen molar-refractivity contribution in [3.8, 4) is 0 Å². The van der Waals surface area contributed by atoms with E-state index in [0.717, 1.165) is 35.3 Å². The van der Waals surface area contributed by atoms with Crippen molar-refractivity contribution in [2.75, 3.05) is 17.7 Å². The summed E-state index contributed by atoms with van der Waals surface area (Å²) in [6.07, 6.45) is -3.56.